The van der Waals surface area contributed by atoms with Crippen LogP contribution in [0.4, 0.5) is 5.69 Å². The molecule has 29 heavy (non-hydrogen) atoms. The topological polar surface area (TPSA) is 64.0 Å². The fourth-order valence-corrected chi connectivity index (χ4v) is 3.93. The van der Waals surface area contributed by atoms with E-state index in [1.54, 1.807) is 16.7 Å². The molecule has 0 spiro atoms. The van der Waals surface area contributed by atoms with Gasteiger partial charge in [0, 0.05) is 12.2 Å². The number of hydrogen-bond donors (Lipinski definition) is 1. The van der Waals surface area contributed by atoms with E-state index in [1.807, 2.05) is 42.5 Å². The summed E-state index contributed by atoms with van der Waals surface area (Å²) in [5, 5.41) is 4.08. The number of carbonyl (C=O) groups excluding carboxylic acids is 1. The van der Waals surface area contributed by atoms with Crippen LogP contribution in [0.2, 0.25) is 0 Å². The molecule has 0 aliphatic carbocycles. The molecule has 1 N–H and O–H groups in total. The van der Waals surface area contributed by atoms with E-state index in [0.717, 1.165) is 17.7 Å². The van der Waals surface area contributed by atoms with Gasteiger partial charge < -0.3 is 5.32 Å². The van der Waals surface area contributed by atoms with Gasteiger partial charge in [0.15, 0.2) is 5.16 Å². The van der Waals surface area contributed by atoms with E-state index in [1.165, 1.54) is 11.8 Å². The van der Waals surface area contributed by atoms with Crippen molar-refractivity contribution in [2.75, 3.05) is 11.1 Å². The normalized spacial score (nSPS) is 11.9. The highest BCUT2D eigenvalue weighted by Gasteiger charge is 2.14. The van der Waals surface area contributed by atoms with Crippen molar-refractivity contribution in [3.05, 3.63) is 77.1 Å². The quantitative estimate of drug-likeness (QED) is 0.330. The summed E-state index contributed by atoms with van der Waals surface area (Å²) in [6.07, 6.45) is 2.65. The van der Waals surface area contributed by atoms with Crippen molar-refractivity contribution >= 4 is 34.3 Å². The third-order valence-corrected chi connectivity index (χ3v) is 5.83. The van der Waals surface area contributed by atoms with Gasteiger partial charge in [0.2, 0.25) is 5.91 Å². The maximum Gasteiger partial charge on any atom is 0.262 e. The highest BCUT2D eigenvalue weighted by Crippen LogP contribution is 2.27. The lowest BCUT2D eigenvalue weighted by molar-refractivity contribution is -0.113. The van der Waals surface area contributed by atoms with Gasteiger partial charge in [-0.15, -0.1) is 6.58 Å². The average molecular weight is 408 g/mol. The van der Waals surface area contributed by atoms with Crippen molar-refractivity contribution in [3.8, 4) is 0 Å². The van der Waals surface area contributed by atoms with Crippen molar-refractivity contribution < 1.29 is 4.79 Å². The number of rotatable bonds is 8. The van der Waals surface area contributed by atoms with Crippen LogP contribution in [0.5, 0.6) is 0 Å². The maximum absolute atomic E-state index is 12.8. The number of allylic oxidation sites excluding steroid dienone is 1. The maximum atomic E-state index is 12.8. The zero-order valence-corrected chi connectivity index (χ0v) is 17.5. The van der Waals surface area contributed by atoms with Gasteiger partial charge in [-0.3, -0.25) is 14.2 Å². The molecule has 0 unspecified atom stereocenters. The van der Waals surface area contributed by atoms with Crippen LogP contribution in [-0.4, -0.2) is 21.2 Å². The third-order valence-electron chi connectivity index (χ3n) is 4.85. The first-order valence-corrected chi connectivity index (χ1v) is 10.7. The van der Waals surface area contributed by atoms with E-state index in [2.05, 4.69) is 30.7 Å². The van der Waals surface area contributed by atoms with Crippen LogP contribution in [0.1, 0.15) is 31.7 Å². The molecule has 0 aliphatic heterocycles. The summed E-state index contributed by atoms with van der Waals surface area (Å²) in [4.78, 5) is 30.0. The van der Waals surface area contributed by atoms with Crippen LogP contribution in [0, 0.1) is 0 Å². The van der Waals surface area contributed by atoms with Crippen LogP contribution in [-0.2, 0) is 11.3 Å². The summed E-state index contributed by atoms with van der Waals surface area (Å²) in [6, 6.07) is 15.1. The zero-order chi connectivity index (χ0) is 20.8. The number of nitrogens with zero attached hydrogens (tertiary/aromatic N) is 2. The lowest BCUT2D eigenvalue weighted by Gasteiger charge is -2.16. The van der Waals surface area contributed by atoms with Crippen molar-refractivity contribution in [2.24, 2.45) is 0 Å². The number of thioether (sulfide) groups is 1. The minimum atomic E-state index is -0.127. The van der Waals surface area contributed by atoms with E-state index in [4.69, 9.17) is 0 Å². The Kier molecular flexibility index (Phi) is 6.88. The van der Waals surface area contributed by atoms with Gasteiger partial charge in [0.05, 0.1) is 16.7 Å². The van der Waals surface area contributed by atoms with Gasteiger partial charge in [-0.2, -0.15) is 0 Å². The number of nitrogens with one attached hydrogen (secondary N) is 1. The molecule has 1 heterocycles. The molecule has 0 bridgehead atoms. The van der Waals surface area contributed by atoms with E-state index >= 15 is 0 Å². The van der Waals surface area contributed by atoms with Crippen LogP contribution >= 0.6 is 11.8 Å². The first-order valence-electron chi connectivity index (χ1n) is 9.67. The van der Waals surface area contributed by atoms with Gasteiger partial charge in [0.1, 0.15) is 0 Å². The Morgan fingerprint density at radius 1 is 1.24 bits per heavy atom. The van der Waals surface area contributed by atoms with Crippen molar-refractivity contribution in [2.45, 2.75) is 37.9 Å². The van der Waals surface area contributed by atoms with Crippen molar-refractivity contribution in [1.82, 2.24) is 9.55 Å². The lowest BCUT2D eigenvalue weighted by Crippen LogP contribution is -2.24. The van der Waals surface area contributed by atoms with E-state index in [9.17, 15) is 9.59 Å². The Morgan fingerprint density at radius 2 is 1.97 bits per heavy atom. The Hall–Kier alpha value is -2.86. The Bertz CT molecular complexity index is 1090. The molecule has 5 nitrogen and oxygen atoms in total. The molecule has 1 aromatic heterocycles. The SMILES string of the molecule is C=CCn1c(SCC(=O)Nc2ccccc2[C@@H](C)CC)nc2ccccc2c1=O. The van der Waals surface area contributed by atoms with E-state index in [0.29, 0.717) is 28.5 Å². The van der Waals surface area contributed by atoms with E-state index in [-0.39, 0.29) is 17.2 Å². The van der Waals surface area contributed by atoms with Crippen LogP contribution in [0.15, 0.2) is 71.1 Å². The van der Waals surface area contributed by atoms with Gasteiger partial charge in [-0.1, -0.05) is 62.0 Å². The van der Waals surface area contributed by atoms with E-state index < -0.39 is 0 Å². The molecule has 0 fully saturated rings. The zero-order valence-electron chi connectivity index (χ0n) is 16.7. The first-order chi connectivity index (χ1) is 14.0. The lowest BCUT2D eigenvalue weighted by atomic mass is 9.97. The number of amides is 1. The standard InChI is InChI=1S/C23H25N3O2S/c1-4-14-26-22(28)18-11-7-9-13-20(18)25-23(26)29-15-21(27)24-19-12-8-6-10-17(19)16(3)5-2/h4,6-13,16H,1,5,14-15H2,2-3H3,(H,24,27)/t16-/m0/s1. The van der Waals surface area contributed by atoms with Crippen molar-refractivity contribution in [1.29, 1.82) is 0 Å². The second kappa shape index (κ2) is 9.56. The summed E-state index contributed by atoms with van der Waals surface area (Å²) in [5.41, 5.74) is 2.46. The highest BCUT2D eigenvalue weighted by molar-refractivity contribution is 7.99. The van der Waals surface area contributed by atoms with Crippen LogP contribution < -0.4 is 10.9 Å². The number of benzene rings is 2. The average Bonchev–Trinajstić information content (AvgIpc) is 2.74. The van der Waals surface area contributed by atoms with Gasteiger partial charge in [-0.05, 0) is 36.1 Å². The van der Waals surface area contributed by atoms with Gasteiger partial charge >= 0.3 is 0 Å². The van der Waals surface area contributed by atoms with Crippen LogP contribution in [0.25, 0.3) is 10.9 Å². The molecular formula is C23H25N3O2S. The number of para-hydroxylation sites is 2. The molecule has 6 heteroatoms. The van der Waals surface area contributed by atoms with Crippen LogP contribution in [0.3, 0.4) is 0 Å². The molecular weight excluding hydrogens is 382 g/mol. The largest absolute Gasteiger partial charge is 0.325 e. The minimum Gasteiger partial charge on any atom is -0.325 e. The van der Waals surface area contributed by atoms with Gasteiger partial charge in [-0.25, -0.2) is 4.98 Å². The monoisotopic (exact) mass is 407 g/mol. The Morgan fingerprint density at radius 3 is 2.72 bits per heavy atom. The summed E-state index contributed by atoms with van der Waals surface area (Å²) in [5.74, 6) is 0.397. The Labute approximate surface area is 174 Å². The van der Waals surface area contributed by atoms with Gasteiger partial charge in [0.25, 0.3) is 5.56 Å². The minimum absolute atomic E-state index is 0.125. The number of aromatic nitrogens is 2. The predicted octanol–water partition coefficient (Wildman–Crippen LogP) is 4.83. The number of anilines is 1. The highest BCUT2D eigenvalue weighted by atomic mass is 32.2. The summed E-state index contributed by atoms with van der Waals surface area (Å²) >= 11 is 1.26. The molecule has 0 radical (unpaired) electrons. The molecule has 1 amide bonds. The number of carbonyl (C=O) groups is 1. The molecule has 3 rings (SSSR count). The second-order valence-electron chi connectivity index (χ2n) is 6.85. The smallest absolute Gasteiger partial charge is 0.262 e. The fraction of sp³-hybridized carbons (Fsp3) is 0.261. The third kappa shape index (κ3) is 4.77. The summed E-state index contributed by atoms with van der Waals surface area (Å²) < 4.78 is 1.56. The second-order valence-corrected chi connectivity index (χ2v) is 7.79. The molecule has 150 valence electrons. The fourth-order valence-electron chi connectivity index (χ4n) is 3.12. The Balaban J connectivity index is 1.80. The first kappa shape index (κ1) is 20.9. The molecule has 0 aliphatic rings. The summed E-state index contributed by atoms with van der Waals surface area (Å²) in [6.45, 7) is 8.35. The number of hydrogen-bond acceptors (Lipinski definition) is 4. The van der Waals surface area contributed by atoms with Crippen molar-refractivity contribution in [3.63, 3.8) is 0 Å². The molecule has 3 aromatic rings. The molecule has 0 saturated heterocycles. The summed E-state index contributed by atoms with van der Waals surface area (Å²) in [7, 11) is 0. The number of fused-ring (bicyclic) bond motifs is 1. The molecule has 2 aromatic carbocycles. The molecule has 1 atom stereocenters. The molecule has 0 saturated carbocycles. The predicted molar refractivity (Wildman–Crippen MR) is 121 cm³/mol.